The molecule has 0 spiro atoms. The summed E-state index contributed by atoms with van der Waals surface area (Å²) in [5.41, 5.74) is 7.49. The van der Waals surface area contributed by atoms with Gasteiger partial charge in [0.15, 0.2) is 0 Å². The summed E-state index contributed by atoms with van der Waals surface area (Å²) in [5, 5.41) is 3.26. The third kappa shape index (κ3) is 6.93. The van der Waals surface area contributed by atoms with Crippen LogP contribution in [0.15, 0.2) is 50.8 Å². The van der Waals surface area contributed by atoms with Crippen LogP contribution in [0.1, 0.15) is 77.0 Å². The summed E-state index contributed by atoms with van der Waals surface area (Å²) in [7, 11) is 0. The number of aryl methyl sites for hydroxylation is 2. The quantitative estimate of drug-likeness (QED) is 0.271. The number of aliphatic imine (C=N–C) groups is 1. The van der Waals surface area contributed by atoms with Crippen molar-refractivity contribution in [1.29, 1.82) is 0 Å². The molecule has 0 saturated heterocycles. The molecule has 1 rings (SSSR count). The third-order valence-electron chi connectivity index (χ3n) is 5.02. The minimum Gasteiger partial charge on any atom is -0.260 e. The first-order valence-corrected chi connectivity index (χ1v) is 10.2. The van der Waals surface area contributed by atoms with Gasteiger partial charge in [0.25, 0.3) is 0 Å². The van der Waals surface area contributed by atoms with Gasteiger partial charge in [-0.3, -0.25) is 4.99 Å². The maximum Gasteiger partial charge on any atom is 0.114 e. The third-order valence-corrected chi connectivity index (χ3v) is 5.02. The molecule has 1 aromatic carbocycles. The Kier molecular flexibility index (Phi) is 10.2. The first-order chi connectivity index (χ1) is 13.4. The average molecular weight is 379 g/mol. The van der Waals surface area contributed by atoms with Crippen LogP contribution in [0.3, 0.4) is 0 Å². The molecular weight excluding hydrogens is 344 g/mol. The van der Waals surface area contributed by atoms with Crippen molar-refractivity contribution in [2.24, 2.45) is 10.2 Å². The number of rotatable bonds is 8. The molecule has 28 heavy (non-hydrogen) atoms. The molecule has 0 fully saturated rings. The van der Waals surface area contributed by atoms with Gasteiger partial charge in [-0.25, -0.2) is 0 Å². The summed E-state index contributed by atoms with van der Waals surface area (Å²) in [5.74, 6) is 6.64. The largest absolute Gasteiger partial charge is 0.260 e. The summed E-state index contributed by atoms with van der Waals surface area (Å²) in [6.07, 6.45) is 5.28. The molecule has 0 bridgehead atoms. The molecule has 0 amide bonds. The fourth-order valence-electron chi connectivity index (χ4n) is 2.84. The molecule has 0 aromatic heterocycles. The van der Waals surface area contributed by atoms with Crippen molar-refractivity contribution in [3.05, 3.63) is 62.2 Å². The second-order valence-electron chi connectivity index (χ2n) is 7.28. The van der Waals surface area contributed by atoms with E-state index in [0.717, 1.165) is 41.7 Å². The van der Waals surface area contributed by atoms with Gasteiger partial charge < -0.3 is 0 Å². The Morgan fingerprint density at radius 3 is 2.46 bits per heavy atom. The predicted molar refractivity (Wildman–Crippen MR) is 122 cm³/mol. The van der Waals surface area contributed by atoms with E-state index >= 15 is 0 Å². The molecule has 3 heteroatoms. The van der Waals surface area contributed by atoms with E-state index in [-0.39, 0.29) is 6.04 Å². The van der Waals surface area contributed by atoms with Gasteiger partial charge >= 0.3 is 0 Å². The van der Waals surface area contributed by atoms with Gasteiger partial charge in [-0.05, 0) is 69.7 Å². The number of hydrogen-bond acceptors (Lipinski definition) is 3. The van der Waals surface area contributed by atoms with Gasteiger partial charge in [0.1, 0.15) is 6.04 Å². The van der Waals surface area contributed by atoms with Crippen molar-refractivity contribution in [3.63, 3.8) is 0 Å². The fraction of sp³-hybridized carbons (Fsp3) is 0.480. The van der Waals surface area contributed by atoms with Crippen LogP contribution in [0.4, 0.5) is 0 Å². The SMILES string of the molecule is CCCC(/N=C/C(C#Cc1cc(C)ccc1C)=C(\C)CC)=C(/C)C(CC)N=O. The summed E-state index contributed by atoms with van der Waals surface area (Å²) in [6.45, 7) is 14.4. The lowest BCUT2D eigenvalue weighted by Gasteiger charge is -2.11. The molecule has 0 N–H and O–H groups in total. The molecule has 1 atom stereocenters. The first-order valence-electron chi connectivity index (χ1n) is 10.2. The Bertz CT molecular complexity index is 832. The van der Waals surface area contributed by atoms with E-state index < -0.39 is 0 Å². The maximum absolute atomic E-state index is 11.1. The molecule has 3 nitrogen and oxygen atoms in total. The van der Waals surface area contributed by atoms with Gasteiger partial charge in [0.05, 0.1) is 0 Å². The van der Waals surface area contributed by atoms with Crippen LogP contribution in [0.5, 0.6) is 0 Å². The van der Waals surface area contributed by atoms with Crippen LogP contribution in [0.2, 0.25) is 0 Å². The van der Waals surface area contributed by atoms with Crippen LogP contribution >= 0.6 is 0 Å². The number of nitroso groups, excluding NO2 is 1. The second-order valence-corrected chi connectivity index (χ2v) is 7.28. The van der Waals surface area contributed by atoms with Crippen molar-refractivity contribution in [2.45, 2.75) is 80.2 Å². The molecular formula is C25H34N2O. The lowest BCUT2D eigenvalue weighted by atomic mass is 10.0. The first kappa shape index (κ1) is 23.6. The van der Waals surface area contributed by atoms with Gasteiger partial charge in [-0.15, -0.1) is 0 Å². The van der Waals surface area contributed by atoms with E-state index in [9.17, 15) is 4.91 Å². The van der Waals surface area contributed by atoms with Crippen molar-refractivity contribution in [1.82, 2.24) is 0 Å². The van der Waals surface area contributed by atoms with Crippen molar-refractivity contribution >= 4 is 6.21 Å². The predicted octanol–water partition coefficient (Wildman–Crippen LogP) is 7.07. The topological polar surface area (TPSA) is 41.8 Å². The minimum absolute atomic E-state index is 0.306. The number of benzene rings is 1. The molecule has 0 aliphatic carbocycles. The number of nitrogens with zero attached hydrogens (tertiary/aromatic N) is 2. The Balaban J connectivity index is 3.33. The number of allylic oxidation sites excluding steroid dienone is 3. The highest BCUT2D eigenvalue weighted by molar-refractivity contribution is 5.86. The van der Waals surface area contributed by atoms with Crippen LogP contribution in [-0.2, 0) is 0 Å². The van der Waals surface area contributed by atoms with Crippen molar-refractivity contribution < 1.29 is 0 Å². The average Bonchev–Trinajstić information content (AvgIpc) is 2.69. The Morgan fingerprint density at radius 1 is 1.18 bits per heavy atom. The van der Waals surface area contributed by atoms with E-state index in [0.29, 0.717) is 6.42 Å². The summed E-state index contributed by atoms with van der Waals surface area (Å²) in [6, 6.07) is 6.02. The normalized spacial score (nSPS) is 14.1. The molecule has 0 saturated carbocycles. The van der Waals surface area contributed by atoms with E-state index in [4.69, 9.17) is 4.99 Å². The van der Waals surface area contributed by atoms with Crippen LogP contribution < -0.4 is 0 Å². The van der Waals surface area contributed by atoms with Gasteiger partial charge in [0, 0.05) is 23.0 Å². The van der Waals surface area contributed by atoms with Crippen molar-refractivity contribution in [2.75, 3.05) is 0 Å². The highest BCUT2D eigenvalue weighted by atomic mass is 16.3. The zero-order valence-electron chi connectivity index (χ0n) is 18.5. The van der Waals surface area contributed by atoms with Gasteiger partial charge in [-0.2, -0.15) is 4.91 Å². The molecule has 1 aromatic rings. The van der Waals surface area contributed by atoms with E-state index in [1.165, 1.54) is 16.7 Å². The van der Waals surface area contributed by atoms with Gasteiger partial charge in [-0.1, -0.05) is 61.9 Å². The number of hydrogen-bond donors (Lipinski definition) is 0. The zero-order valence-corrected chi connectivity index (χ0v) is 18.5. The molecule has 0 radical (unpaired) electrons. The van der Waals surface area contributed by atoms with E-state index in [1.807, 2.05) is 20.1 Å². The smallest absolute Gasteiger partial charge is 0.114 e. The molecule has 0 heterocycles. The fourth-order valence-corrected chi connectivity index (χ4v) is 2.84. The Morgan fingerprint density at radius 2 is 1.89 bits per heavy atom. The monoisotopic (exact) mass is 378 g/mol. The highest BCUT2D eigenvalue weighted by Gasteiger charge is 2.12. The summed E-state index contributed by atoms with van der Waals surface area (Å²) < 4.78 is 0. The Labute approximate surface area is 171 Å². The molecule has 1 unspecified atom stereocenters. The van der Waals surface area contributed by atoms with Gasteiger partial charge in [0.2, 0.25) is 0 Å². The molecule has 150 valence electrons. The second kappa shape index (κ2) is 12.1. The lowest BCUT2D eigenvalue weighted by molar-refractivity contribution is 0.713. The zero-order chi connectivity index (χ0) is 21.1. The van der Waals surface area contributed by atoms with Crippen molar-refractivity contribution in [3.8, 4) is 11.8 Å². The molecule has 0 aliphatic heterocycles. The summed E-state index contributed by atoms with van der Waals surface area (Å²) in [4.78, 5) is 15.9. The van der Waals surface area contributed by atoms with E-state index in [2.05, 4.69) is 69.8 Å². The highest BCUT2D eigenvalue weighted by Crippen LogP contribution is 2.20. The molecule has 0 aliphatic rings. The Hall–Kier alpha value is -2.47. The lowest BCUT2D eigenvalue weighted by Crippen LogP contribution is -2.06. The minimum atomic E-state index is -0.306. The maximum atomic E-state index is 11.1. The van der Waals surface area contributed by atoms with Crippen LogP contribution in [0.25, 0.3) is 0 Å². The van der Waals surface area contributed by atoms with Crippen LogP contribution in [-0.4, -0.2) is 12.3 Å². The standard InChI is InChI=1S/C25H34N2O/c1-8-11-25(21(7)24(10-3)27-28)26-17-23(19(5)9-2)15-14-22-16-18(4)12-13-20(22)6/h12-13,16-17,24H,8-11H2,1-7H3/b23-19+,25-21+,26-17+. The van der Waals surface area contributed by atoms with Crippen LogP contribution in [0, 0.1) is 30.6 Å². The van der Waals surface area contributed by atoms with E-state index in [1.54, 1.807) is 0 Å². The summed E-state index contributed by atoms with van der Waals surface area (Å²) >= 11 is 0.